The van der Waals surface area contributed by atoms with Crippen molar-refractivity contribution in [2.75, 3.05) is 40.7 Å². The predicted molar refractivity (Wildman–Crippen MR) is 168 cm³/mol. The van der Waals surface area contributed by atoms with Gasteiger partial charge in [0.15, 0.2) is 0 Å². The van der Waals surface area contributed by atoms with Gasteiger partial charge in [-0.2, -0.15) is 4.98 Å². The van der Waals surface area contributed by atoms with E-state index in [0.717, 1.165) is 5.56 Å². The molecule has 2 atom stereocenters. The molecule has 1 unspecified atom stereocenters. The van der Waals surface area contributed by atoms with E-state index in [1.54, 1.807) is 61.7 Å². The number of aromatic nitrogens is 2. The van der Waals surface area contributed by atoms with Gasteiger partial charge in [-0.1, -0.05) is 30.3 Å². The fourth-order valence-corrected chi connectivity index (χ4v) is 4.94. The monoisotopic (exact) mass is 603 g/mol. The zero-order valence-corrected chi connectivity index (χ0v) is 24.7. The fourth-order valence-electron chi connectivity index (χ4n) is 3.86. The average Bonchev–Trinajstić information content (AvgIpc) is 2.98. The topological polar surface area (TPSA) is 167 Å². The molecule has 0 saturated carbocycles. The number of hydrogen-bond acceptors (Lipinski definition) is 9. The summed E-state index contributed by atoms with van der Waals surface area (Å²) in [4.78, 5) is 33.5. The van der Waals surface area contributed by atoms with Crippen molar-refractivity contribution in [2.24, 2.45) is 4.36 Å². The number of hydrogen-bond donors (Lipinski definition) is 5. The first-order chi connectivity index (χ1) is 20.7. The number of para-hydroxylation sites is 1. The number of anilines is 5. The summed E-state index contributed by atoms with van der Waals surface area (Å²) >= 11 is 0. The van der Waals surface area contributed by atoms with Crippen LogP contribution in [0.4, 0.5) is 38.4 Å². The molecule has 43 heavy (non-hydrogen) atoms. The Morgan fingerprint density at radius 2 is 1.58 bits per heavy atom. The van der Waals surface area contributed by atoms with E-state index in [1.807, 2.05) is 37.3 Å². The molecule has 1 aromatic heterocycles. The highest BCUT2D eigenvalue weighted by atomic mass is 32.2. The number of aliphatic hydroxyl groups excluding tert-OH is 1. The van der Waals surface area contributed by atoms with Gasteiger partial charge in [0, 0.05) is 46.0 Å². The molecule has 0 aliphatic heterocycles. The van der Waals surface area contributed by atoms with Gasteiger partial charge < -0.3 is 31.1 Å². The van der Waals surface area contributed by atoms with Crippen molar-refractivity contribution in [1.82, 2.24) is 9.97 Å². The molecule has 12 nitrogen and oxygen atoms in total. The van der Waals surface area contributed by atoms with Gasteiger partial charge in [0.2, 0.25) is 5.95 Å². The zero-order chi connectivity index (χ0) is 30.8. The Hall–Kier alpha value is -5.01. The van der Waals surface area contributed by atoms with Crippen LogP contribution in [0.1, 0.15) is 13.8 Å². The highest BCUT2D eigenvalue weighted by molar-refractivity contribution is 7.93. The van der Waals surface area contributed by atoms with Crippen LogP contribution in [0.3, 0.4) is 0 Å². The summed E-state index contributed by atoms with van der Waals surface area (Å²) < 4.78 is 21.3. The molecule has 0 fully saturated rings. The molecular weight excluding hydrogens is 570 g/mol. The third-order valence-corrected chi connectivity index (χ3v) is 7.64. The summed E-state index contributed by atoms with van der Waals surface area (Å²) in [7, 11) is -2.97. The number of nitrogens with zero attached hydrogens (tertiary/aromatic N) is 3. The molecule has 3 aromatic carbocycles. The molecule has 4 rings (SSSR count). The molecule has 4 aromatic rings. The highest BCUT2D eigenvalue weighted by Gasteiger charge is 2.14. The second-order valence-corrected chi connectivity index (χ2v) is 11.7. The fraction of sp³-hybridized carbons (Fsp3) is 0.200. The second-order valence-electron chi connectivity index (χ2n) is 9.45. The molecule has 1 heterocycles. The third kappa shape index (κ3) is 8.74. The molecule has 0 spiro atoms. The minimum absolute atomic E-state index is 0.111. The van der Waals surface area contributed by atoms with E-state index in [1.165, 1.54) is 6.26 Å². The first-order valence-corrected chi connectivity index (χ1v) is 15.3. The quantitative estimate of drug-likeness (QED) is 0.147. The highest BCUT2D eigenvalue weighted by Crippen LogP contribution is 2.29. The average molecular weight is 604 g/mol. The van der Waals surface area contributed by atoms with Crippen LogP contribution >= 0.6 is 0 Å². The van der Waals surface area contributed by atoms with Crippen LogP contribution in [-0.4, -0.2) is 56.9 Å². The summed E-state index contributed by atoms with van der Waals surface area (Å²) in [5, 5.41) is 21.5. The smallest absolute Gasteiger partial charge is 0.442 e. The zero-order valence-electron chi connectivity index (χ0n) is 23.9. The predicted octanol–water partition coefficient (Wildman–Crippen LogP) is 5.94. The van der Waals surface area contributed by atoms with E-state index < -0.39 is 15.8 Å². The van der Waals surface area contributed by atoms with Crippen molar-refractivity contribution in [3.05, 3.63) is 85.1 Å². The molecule has 0 saturated heterocycles. The van der Waals surface area contributed by atoms with Gasteiger partial charge in [-0.05, 0) is 67.9 Å². The molecule has 224 valence electrons. The normalized spacial score (nSPS) is 12.7. The minimum atomic E-state index is -2.97. The summed E-state index contributed by atoms with van der Waals surface area (Å²) in [6, 6.07) is 22.3. The lowest BCUT2D eigenvalue weighted by atomic mass is 10.1. The lowest BCUT2D eigenvalue weighted by molar-refractivity contribution is 0.164. The van der Waals surface area contributed by atoms with Crippen LogP contribution in [0.25, 0.3) is 11.1 Å². The van der Waals surface area contributed by atoms with Crippen molar-refractivity contribution in [1.29, 1.82) is 0 Å². The van der Waals surface area contributed by atoms with Crippen molar-refractivity contribution >= 4 is 50.7 Å². The van der Waals surface area contributed by atoms with E-state index in [9.17, 15) is 18.9 Å². The van der Waals surface area contributed by atoms with Crippen LogP contribution in [0.15, 0.2) is 94.3 Å². The first-order valence-electron chi connectivity index (χ1n) is 13.4. The first kappa shape index (κ1) is 30.9. The van der Waals surface area contributed by atoms with E-state index in [0.29, 0.717) is 33.3 Å². The Bertz CT molecular complexity index is 1670. The van der Waals surface area contributed by atoms with Gasteiger partial charge in [-0.25, -0.2) is 18.8 Å². The minimum Gasteiger partial charge on any atom is -0.448 e. The van der Waals surface area contributed by atoms with E-state index in [4.69, 9.17) is 4.74 Å². The Morgan fingerprint density at radius 1 is 0.953 bits per heavy atom. The largest absolute Gasteiger partial charge is 0.448 e. The maximum absolute atomic E-state index is 12.9. The van der Waals surface area contributed by atoms with E-state index in [-0.39, 0.29) is 31.2 Å². The van der Waals surface area contributed by atoms with E-state index in [2.05, 4.69) is 35.6 Å². The number of benzene rings is 3. The second kappa shape index (κ2) is 14.2. The Kier molecular flexibility index (Phi) is 10.3. The lowest BCUT2D eigenvalue weighted by Gasteiger charge is -2.17. The number of carbonyl (C=O) groups excluding carboxylic acids is 2. The molecule has 0 radical (unpaired) electrons. The number of rotatable bonds is 10. The van der Waals surface area contributed by atoms with Gasteiger partial charge in [-0.3, -0.25) is 0 Å². The number of aliphatic hydroxyl groups is 1. The molecule has 5 N–H and O–H groups in total. The van der Waals surface area contributed by atoms with Crippen LogP contribution in [0.5, 0.6) is 0 Å². The van der Waals surface area contributed by atoms with Crippen molar-refractivity contribution in [3.8, 4) is 11.1 Å². The Morgan fingerprint density at radius 3 is 2.21 bits per heavy atom. The third-order valence-electron chi connectivity index (χ3n) is 6.00. The van der Waals surface area contributed by atoms with E-state index >= 15 is 0 Å². The van der Waals surface area contributed by atoms with Crippen molar-refractivity contribution in [2.45, 2.75) is 24.8 Å². The van der Waals surface area contributed by atoms with Crippen molar-refractivity contribution < 1.29 is 23.6 Å². The summed E-state index contributed by atoms with van der Waals surface area (Å²) in [5.74, 6) is 0.775. The molecule has 3 amide bonds. The van der Waals surface area contributed by atoms with Crippen LogP contribution in [-0.2, 0) is 14.5 Å². The van der Waals surface area contributed by atoms with Crippen molar-refractivity contribution in [3.63, 3.8) is 0 Å². The molecular formula is C30H33N7O5S. The summed E-state index contributed by atoms with van der Waals surface area (Å²) in [5.41, 5.74) is 3.38. The number of nitrogens with one attached hydrogen (secondary N) is 4. The maximum Gasteiger partial charge on any atom is 0.442 e. The SMILES string of the molecule is CCOC(=O)N=S(C)(=O)c1ccc(Nc2ncc(-c3ccc(NC(=O)Nc4ccccc4)cc3)c(N[C@H](C)CO)n2)cc1. The molecule has 0 aliphatic rings. The van der Waals surface area contributed by atoms with Gasteiger partial charge in [0.25, 0.3) is 0 Å². The van der Waals surface area contributed by atoms with Crippen LogP contribution in [0, 0.1) is 0 Å². The number of urea groups is 1. The standard InChI is InChI=1S/C30H33N7O5S/c1-4-42-30(40)37-43(3,41)25-16-14-23(15-17-25)33-28-31-18-26(27(36-28)32-20(2)19-38)21-10-12-24(13-11-21)35-29(39)34-22-8-6-5-7-9-22/h5-18,20,38H,4,19H2,1-3H3,(H2,34,35,39)(H2,31,32,33,36)/t20-,43?/m1/s1. The number of amides is 3. The van der Waals surface area contributed by atoms with Gasteiger partial charge in [-0.15, -0.1) is 4.36 Å². The number of carbonyl (C=O) groups is 2. The summed E-state index contributed by atoms with van der Waals surface area (Å²) in [6.45, 7) is 3.50. The molecule has 0 aliphatic carbocycles. The maximum atomic E-state index is 12.9. The van der Waals surface area contributed by atoms with Gasteiger partial charge >= 0.3 is 12.1 Å². The van der Waals surface area contributed by atoms with Crippen LogP contribution in [0.2, 0.25) is 0 Å². The molecule has 0 bridgehead atoms. The lowest BCUT2D eigenvalue weighted by Crippen LogP contribution is -2.21. The van der Waals surface area contributed by atoms with Gasteiger partial charge in [0.05, 0.1) is 22.9 Å². The van der Waals surface area contributed by atoms with Crippen LogP contribution < -0.4 is 21.3 Å². The molecule has 13 heteroatoms. The Balaban J connectivity index is 1.51. The van der Waals surface area contributed by atoms with Gasteiger partial charge in [0.1, 0.15) is 5.82 Å². The Labute approximate surface area is 250 Å². The summed E-state index contributed by atoms with van der Waals surface area (Å²) in [6.07, 6.45) is 2.15. The number of ether oxygens (including phenoxy) is 1.